The number of benzene rings is 1. The highest BCUT2D eigenvalue weighted by Gasteiger charge is 2.27. The van der Waals surface area contributed by atoms with Crippen molar-refractivity contribution in [3.05, 3.63) is 66.1 Å². The number of hydrogen-bond donors (Lipinski definition) is 0. The molecule has 1 aliphatic heterocycles. The minimum atomic E-state index is 0.136. The molecular formula is C25H29N5O2. The maximum Gasteiger partial charge on any atom is 0.227 e. The average Bonchev–Trinajstić information content (AvgIpc) is 2.84. The molecule has 166 valence electrons. The Kier molecular flexibility index (Phi) is 6.63. The van der Waals surface area contributed by atoms with E-state index in [0.29, 0.717) is 18.8 Å². The van der Waals surface area contributed by atoms with Gasteiger partial charge in [0.05, 0.1) is 19.2 Å². The molecule has 1 unspecified atom stereocenters. The molecule has 0 radical (unpaired) electrons. The number of ether oxygens (including phenoxy) is 1. The lowest BCUT2D eigenvalue weighted by Gasteiger charge is -2.33. The van der Waals surface area contributed by atoms with Gasteiger partial charge in [-0.05, 0) is 42.7 Å². The van der Waals surface area contributed by atoms with Crippen molar-refractivity contribution in [1.29, 1.82) is 0 Å². The summed E-state index contributed by atoms with van der Waals surface area (Å²) in [4.78, 5) is 30.8. The molecule has 0 bridgehead atoms. The second-order valence-corrected chi connectivity index (χ2v) is 8.32. The number of pyridine rings is 1. The van der Waals surface area contributed by atoms with Gasteiger partial charge >= 0.3 is 0 Å². The van der Waals surface area contributed by atoms with E-state index < -0.39 is 0 Å². The SMILES string of the molecule is COc1cccc(CC(=O)N2CCCC(c3cc(N(C)C)nc(-c4cccnc4)n3)C2)c1. The third-order valence-corrected chi connectivity index (χ3v) is 5.79. The van der Waals surface area contributed by atoms with Crippen LogP contribution in [0.1, 0.15) is 30.0 Å². The van der Waals surface area contributed by atoms with Crippen LogP contribution in [0.4, 0.5) is 5.82 Å². The first kappa shape index (κ1) is 21.7. The van der Waals surface area contributed by atoms with Crippen molar-refractivity contribution in [3.63, 3.8) is 0 Å². The number of carbonyl (C=O) groups excluding carboxylic acids is 1. The number of methoxy groups -OCH3 is 1. The van der Waals surface area contributed by atoms with Crippen LogP contribution >= 0.6 is 0 Å². The molecule has 32 heavy (non-hydrogen) atoms. The number of hydrogen-bond acceptors (Lipinski definition) is 6. The van der Waals surface area contributed by atoms with Crippen LogP contribution in [0.2, 0.25) is 0 Å². The summed E-state index contributed by atoms with van der Waals surface area (Å²) < 4.78 is 5.29. The Balaban J connectivity index is 1.54. The van der Waals surface area contributed by atoms with Gasteiger partial charge in [-0.2, -0.15) is 0 Å². The summed E-state index contributed by atoms with van der Waals surface area (Å²) in [6.07, 6.45) is 5.85. The second-order valence-electron chi connectivity index (χ2n) is 8.32. The lowest BCUT2D eigenvalue weighted by molar-refractivity contribution is -0.131. The van der Waals surface area contributed by atoms with E-state index in [1.54, 1.807) is 19.5 Å². The van der Waals surface area contributed by atoms with Gasteiger partial charge in [-0.15, -0.1) is 0 Å². The van der Waals surface area contributed by atoms with Gasteiger partial charge in [0, 0.05) is 57.1 Å². The third-order valence-electron chi connectivity index (χ3n) is 5.79. The summed E-state index contributed by atoms with van der Waals surface area (Å²) in [5, 5.41) is 0. The Hall–Kier alpha value is -3.48. The summed E-state index contributed by atoms with van der Waals surface area (Å²) in [6.45, 7) is 1.44. The van der Waals surface area contributed by atoms with Crippen LogP contribution in [-0.4, -0.2) is 60.1 Å². The third kappa shape index (κ3) is 5.04. The molecule has 1 fully saturated rings. The Labute approximate surface area is 189 Å². The van der Waals surface area contributed by atoms with Gasteiger partial charge in [0.1, 0.15) is 11.6 Å². The molecule has 3 heterocycles. The first-order valence-electron chi connectivity index (χ1n) is 10.9. The average molecular weight is 432 g/mol. The van der Waals surface area contributed by atoms with Gasteiger partial charge in [0.15, 0.2) is 5.82 Å². The highest BCUT2D eigenvalue weighted by atomic mass is 16.5. The summed E-state index contributed by atoms with van der Waals surface area (Å²) >= 11 is 0. The highest BCUT2D eigenvalue weighted by Crippen LogP contribution is 2.29. The number of carbonyl (C=O) groups is 1. The number of nitrogens with zero attached hydrogens (tertiary/aromatic N) is 5. The predicted molar refractivity (Wildman–Crippen MR) is 125 cm³/mol. The molecular weight excluding hydrogens is 402 g/mol. The zero-order valence-electron chi connectivity index (χ0n) is 18.9. The fraction of sp³-hybridized carbons (Fsp3) is 0.360. The van der Waals surface area contributed by atoms with E-state index in [4.69, 9.17) is 14.7 Å². The molecule has 1 aliphatic rings. The molecule has 1 amide bonds. The van der Waals surface area contributed by atoms with Gasteiger partial charge in [-0.3, -0.25) is 9.78 Å². The zero-order valence-corrected chi connectivity index (χ0v) is 18.9. The molecule has 1 saturated heterocycles. The van der Waals surface area contributed by atoms with Crippen LogP contribution in [-0.2, 0) is 11.2 Å². The number of amides is 1. The molecule has 1 atom stereocenters. The van der Waals surface area contributed by atoms with E-state index in [1.807, 2.05) is 66.4 Å². The van der Waals surface area contributed by atoms with Crippen LogP contribution in [0.25, 0.3) is 11.4 Å². The number of likely N-dealkylation sites (tertiary alicyclic amines) is 1. The maximum atomic E-state index is 13.0. The topological polar surface area (TPSA) is 71.5 Å². The van der Waals surface area contributed by atoms with E-state index in [0.717, 1.165) is 47.8 Å². The molecule has 4 rings (SSSR count). The van der Waals surface area contributed by atoms with Crippen molar-refractivity contribution < 1.29 is 9.53 Å². The smallest absolute Gasteiger partial charge is 0.227 e. The van der Waals surface area contributed by atoms with Crippen molar-refractivity contribution in [2.24, 2.45) is 0 Å². The van der Waals surface area contributed by atoms with Crippen LogP contribution in [0.15, 0.2) is 54.9 Å². The normalized spacial score (nSPS) is 16.0. The minimum Gasteiger partial charge on any atom is -0.497 e. The summed E-state index contributed by atoms with van der Waals surface area (Å²) in [6, 6.07) is 13.6. The molecule has 7 nitrogen and oxygen atoms in total. The Bertz CT molecular complexity index is 1070. The second kappa shape index (κ2) is 9.77. The molecule has 7 heteroatoms. The van der Waals surface area contributed by atoms with E-state index >= 15 is 0 Å². The fourth-order valence-electron chi connectivity index (χ4n) is 4.03. The summed E-state index contributed by atoms with van der Waals surface area (Å²) in [5.74, 6) is 2.60. The van der Waals surface area contributed by atoms with Crippen LogP contribution < -0.4 is 9.64 Å². The molecule has 2 aromatic heterocycles. The monoisotopic (exact) mass is 431 g/mol. The van der Waals surface area contributed by atoms with Crippen molar-refractivity contribution >= 4 is 11.7 Å². The molecule has 1 aromatic carbocycles. The van der Waals surface area contributed by atoms with Crippen molar-refractivity contribution in [1.82, 2.24) is 19.9 Å². The van der Waals surface area contributed by atoms with Gasteiger partial charge in [0.25, 0.3) is 0 Å². The largest absolute Gasteiger partial charge is 0.497 e. The minimum absolute atomic E-state index is 0.136. The lowest BCUT2D eigenvalue weighted by Crippen LogP contribution is -2.40. The number of aromatic nitrogens is 3. The van der Waals surface area contributed by atoms with E-state index in [2.05, 4.69) is 4.98 Å². The van der Waals surface area contributed by atoms with Crippen LogP contribution in [0, 0.1) is 0 Å². The first-order chi connectivity index (χ1) is 15.5. The number of anilines is 1. The zero-order chi connectivity index (χ0) is 22.5. The van der Waals surface area contributed by atoms with Crippen molar-refractivity contribution in [2.75, 3.05) is 39.2 Å². The van der Waals surface area contributed by atoms with E-state index in [1.165, 1.54) is 0 Å². The van der Waals surface area contributed by atoms with Crippen LogP contribution in [0.5, 0.6) is 5.75 Å². The Morgan fingerprint density at radius 1 is 1.19 bits per heavy atom. The van der Waals surface area contributed by atoms with Crippen molar-refractivity contribution in [3.8, 4) is 17.1 Å². The van der Waals surface area contributed by atoms with Gasteiger partial charge in [-0.25, -0.2) is 9.97 Å². The summed E-state index contributed by atoms with van der Waals surface area (Å²) in [7, 11) is 5.59. The summed E-state index contributed by atoms with van der Waals surface area (Å²) in [5.41, 5.74) is 2.83. The fourth-order valence-corrected chi connectivity index (χ4v) is 4.03. The van der Waals surface area contributed by atoms with Gasteiger partial charge in [-0.1, -0.05) is 12.1 Å². The maximum absolute atomic E-state index is 13.0. The Morgan fingerprint density at radius 2 is 2.06 bits per heavy atom. The van der Waals surface area contributed by atoms with Crippen LogP contribution in [0.3, 0.4) is 0 Å². The molecule has 0 aliphatic carbocycles. The lowest BCUT2D eigenvalue weighted by atomic mass is 9.93. The standard InChI is InChI=1S/C25H29N5O2/c1-29(2)23-15-22(27-25(28-23)19-8-5-11-26-16-19)20-9-6-12-30(17-20)24(31)14-18-7-4-10-21(13-18)32-3/h4-5,7-8,10-11,13,15-16,20H,6,9,12,14,17H2,1-3H3. The van der Waals surface area contributed by atoms with Gasteiger partial charge < -0.3 is 14.5 Å². The van der Waals surface area contributed by atoms with Gasteiger partial charge in [0.2, 0.25) is 5.91 Å². The Morgan fingerprint density at radius 3 is 2.81 bits per heavy atom. The molecule has 3 aromatic rings. The number of piperidine rings is 1. The quantitative estimate of drug-likeness (QED) is 0.594. The van der Waals surface area contributed by atoms with E-state index in [-0.39, 0.29) is 11.8 Å². The van der Waals surface area contributed by atoms with E-state index in [9.17, 15) is 4.79 Å². The molecule has 0 spiro atoms. The predicted octanol–water partition coefficient (Wildman–Crippen LogP) is 3.56. The number of rotatable bonds is 6. The van der Waals surface area contributed by atoms with Crippen molar-refractivity contribution in [2.45, 2.75) is 25.2 Å². The molecule has 0 N–H and O–H groups in total. The highest BCUT2D eigenvalue weighted by molar-refractivity contribution is 5.79. The molecule has 0 saturated carbocycles. The first-order valence-corrected chi connectivity index (χ1v) is 10.9.